The van der Waals surface area contributed by atoms with Gasteiger partial charge in [-0.25, -0.2) is 0 Å². The summed E-state index contributed by atoms with van der Waals surface area (Å²) in [4.78, 5) is 11.6. The molecule has 1 aromatic carbocycles. The molecule has 2 rings (SSSR count). The number of aliphatic hydroxyl groups is 1. The number of aryl methyl sites for hydroxylation is 1. The SMILES string of the molecule is CCn1c(SCC(=O)NCCO)nnc1-c1cccc(C)c1. The number of nitrogens with one attached hydrogen (secondary N) is 1. The molecule has 0 fully saturated rings. The Kier molecular flexibility index (Phi) is 5.97. The molecular formula is C15H20N4O2S. The Morgan fingerprint density at radius 3 is 2.91 bits per heavy atom. The lowest BCUT2D eigenvalue weighted by Crippen LogP contribution is -2.28. The molecule has 2 N–H and O–H groups in total. The van der Waals surface area contributed by atoms with Gasteiger partial charge in [-0.15, -0.1) is 10.2 Å². The summed E-state index contributed by atoms with van der Waals surface area (Å²) in [5, 5.41) is 20.5. The molecule has 6 nitrogen and oxygen atoms in total. The van der Waals surface area contributed by atoms with E-state index in [1.165, 1.54) is 17.3 Å². The number of nitrogens with zero attached hydrogens (tertiary/aromatic N) is 3. The molecule has 0 aliphatic rings. The molecule has 118 valence electrons. The van der Waals surface area contributed by atoms with Gasteiger partial charge < -0.3 is 15.0 Å². The van der Waals surface area contributed by atoms with Crippen LogP contribution in [0.3, 0.4) is 0 Å². The van der Waals surface area contributed by atoms with Crippen molar-refractivity contribution in [3.8, 4) is 11.4 Å². The fraction of sp³-hybridized carbons (Fsp3) is 0.400. The van der Waals surface area contributed by atoms with Crippen LogP contribution in [-0.4, -0.2) is 44.7 Å². The van der Waals surface area contributed by atoms with Crippen LogP contribution in [0.15, 0.2) is 29.4 Å². The molecular weight excluding hydrogens is 300 g/mol. The summed E-state index contributed by atoms with van der Waals surface area (Å²) in [6.07, 6.45) is 0. The van der Waals surface area contributed by atoms with Gasteiger partial charge >= 0.3 is 0 Å². The van der Waals surface area contributed by atoms with Gasteiger partial charge in [0.1, 0.15) is 0 Å². The summed E-state index contributed by atoms with van der Waals surface area (Å²) in [6, 6.07) is 8.11. The van der Waals surface area contributed by atoms with Gasteiger partial charge in [0.2, 0.25) is 5.91 Å². The van der Waals surface area contributed by atoms with E-state index in [1.54, 1.807) is 0 Å². The summed E-state index contributed by atoms with van der Waals surface area (Å²) >= 11 is 1.35. The molecule has 0 aliphatic carbocycles. The molecule has 22 heavy (non-hydrogen) atoms. The lowest BCUT2D eigenvalue weighted by atomic mass is 10.1. The first kappa shape index (κ1) is 16.5. The summed E-state index contributed by atoms with van der Waals surface area (Å²) < 4.78 is 2.00. The van der Waals surface area contributed by atoms with Crippen molar-refractivity contribution in [1.29, 1.82) is 0 Å². The van der Waals surface area contributed by atoms with Crippen LogP contribution in [0.1, 0.15) is 12.5 Å². The van der Waals surface area contributed by atoms with E-state index in [2.05, 4.69) is 21.6 Å². The highest BCUT2D eigenvalue weighted by Gasteiger charge is 2.14. The zero-order valence-electron chi connectivity index (χ0n) is 12.7. The van der Waals surface area contributed by atoms with E-state index in [4.69, 9.17) is 5.11 Å². The molecule has 1 aromatic heterocycles. The molecule has 0 saturated carbocycles. The summed E-state index contributed by atoms with van der Waals surface area (Å²) in [6.45, 7) is 5.01. The van der Waals surface area contributed by atoms with Gasteiger partial charge in [0.15, 0.2) is 11.0 Å². The number of amides is 1. The molecule has 1 heterocycles. The van der Waals surface area contributed by atoms with Gasteiger partial charge in [0.05, 0.1) is 12.4 Å². The summed E-state index contributed by atoms with van der Waals surface area (Å²) in [5.41, 5.74) is 2.19. The third-order valence-electron chi connectivity index (χ3n) is 3.08. The number of rotatable bonds is 7. The molecule has 0 radical (unpaired) electrons. The second kappa shape index (κ2) is 7.95. The number of aromatic nitrogens is 3. The third kappa shape index (κ3) is 4.08. The highest BCUT2D eigenvalue weighted by Crippen LogP contribution is 2.24. The first-order valence-corrected chi connectivity index (χ1v) is 8.14. The van der Waals surface area contributed by atoms with Crippen molar-refractivity contribution < 1.29 is 9.90 Å². The zero-order chi connectivity index (χ0) is 15.9. The Labute approximate surface area is 133 Å². The molecule has 0 atom stereocenters. The quantitative estimate of drug-likeness (QED) is 0.755. The predicted molar refractivity (Wildman–Crippen MR) is 86.7 cm³/mol. The van der Waals surface area contributed by atoms with Crippen LogP contribution < -0.4 is 5.32 Å². The largest absolute Gasteiger partial charge is 0.395 e. The smallest absolute Gasteiger partial charge is 0.230 e. The van der Waals surface area contributed by atoms with Gasteiger partial charge in [-0.3, -0.25) is 4.79 Å². The minimum Gasteiger partial charge on any atom is -0.395 e. The first-order valence-electron chi connectivity index (χ1n) is 7.16. The zero-order valence-corrected chi connectivity index (χ0v) is 13.6. The lowest BCUT2D eigenvalue weighted by molar-refractivity contribution is -0.118. The number of hydrogen-bond acceptors (Lipinski definition) is 5. The van der Waals surface area contributed by atoms with Gasteiger partial charge in [0, 0.05) is 18.7 Å². The highest BCUT2D eigenvalue weighted by molar-refractivity contribution is 7.99. The van der Waals surface area contributed by atoms with Crippen LogP contribution in [0.4, 0.5) is 0 Å². The van der Waals surface area contributed by atoms with Gasteiger partial charge in [-0.2, -0.15) is 0 Å². The maximum absolute atomic E-state index is 11.6. The van der Waals surface area contributed by atoms with Crippen molar-refractivity contribution in [2.45, 2.75) is 25.5 Å². The van der Waals surface area contributed by atoms with Gasteiger partial charge in [0.25, 0.3) is 0 Å². The summed E-state index contributed by atoms with van der Waals surface area (Å²) in [7, 11) is 0. The predicted octanol–water partition coefficient (Wildman–Crippen LogP) is 1.47. The number of aliphatic hydroxyl groups excluding tert-OH is 1. The number of carbonyl (C=O) groups excluding carboxylic acids is 1. The average molecular weight is 320 g/mol. The number of carbonyl (C=O) groups is 1. The average Bonchev–Trinajstić information content (AvgIpc) is 2.93. The van der Waals surface area contributed by atoms with E-state index >= 15 is 0 Å². The normalized spacial score (nSPS) is 10.7. The van der Waals surface area contributed by atoms with Crippen molar-refractivity contribution in [3.05, 3.63) is 29.8 Å². The van der Waals surface area contributed by atoms with E-state index in [1.807, 2.05) is 36.6 Å². The minimum atomic E-state index is -0.123. The molecule has 0 unspecified atom stereocenters. The topological polar surface area (TPSA) is 80.0 Å². The standard InChI is InChI=1S/C15H20N4O2S/c1-3-19-14(12-6-4-5-11(2)9-12)17-18-15(19)22-10-13(21)16-7-8-20/h4-6,9,20H,3,7-8,10H2,1-2H3,(H,16,21). The minimum absolute atomic E-state index is 0.0565. The molecule has 0 spiro atoms. The van der Waals surface area contributed by atoms with Crippen molar-refractivity contribution in [2.24, 2.45) is 0 Å². The Morgan fingerprint density at radius 2 is 2.23 bits per heavy atom. The summed E-state index contributed by atoms with van der Waals surface area (Å²) in [5.74, 6) is 0.942. The molecule has 1 amide bonds. The number of hydrogen-bond donors (Lipinski definition) is 2. The molecule has 7 heteroatoms. The monoisotopic (exact) mass is 320 g/mol. The van der Waals surface area contributed by atoms with E-state index in [-0.39, 0.29) is 24.8 Å². The van der Waals surface area contributed by atoms with E-state index in [9.17, 15) is 4.79 Å². The van der Waals surface area contributed by atoms with Gasteiger partial charge in [-0.1, -0.05) is 35.5 Å². The highest BCUT2D eigenvalue weighted by atomic mass is 32.2. The van der Waals surface area contributed by atoms with Crippen LogP contribution in [-0.2, 0) is 11.3 Å². The second-order valence-electron chi connectivity index (χ2n) is 4.78. The van der Waals surface area contributed by atoms with Crippen LogP contribution in [0.25, 0.3) is 11.4 Å². The van der Waals surface area contributed by atoms with E-state index in [0.717, 1.165) is 23.1 Å². The van der Waals surface area contributed by atoms with Gasteiger partial charge in [-0.05, 0) is 19.9 Å². The lowest BCUT2D eigenvalue weighted by Gasteiger charge is -2.08. The molecule has 0 saturated heterocycles. The van der Waals surface area contributed by atoms with Crippen molar-refractivity contribution >= 4 is 17.7 Å². The van der Waals surface area contributed by atoms with Crippen LogP contribution in [0, 0.1) is 6.92 Å². The third-order valence-corrected chi connectivity index (χ3v) is 4.04. The van der Waals surface area contributed by atoms with Crippen LogP contribution in [0.5, 0.6) is 0 Å². The molecule has 2 aromatic rings. The first-order chi connectivity index (χ1) is 10.7. The fourth-order valence-corrected chi connectivity index (χ4v) is 2.89. The Bertz CT molecular complexity index is 642. The molecule has 0 aliphatic heterocycles. The maximum Gasteiger partial charge on any atom is 0.230 e. The fourth-order valence-electron chi connectivity index (χ4n) is 2.05. The molecule has 0 bridgehead atoms. The van der Waals surface area contributed by atoms with Crippen LogP contribution in [0.2, 0.25) is 0 Å². The number of thioether (sulfide) groups is 1. The van der Waals surface area contributed by atoms with Crippen molar-refractivity contribution in [1.82, 2.24) is 20.1 Å². The Balaban J connectivity index is 2.12. The van der Waals surface area contributed by atoms with E-state index in [0.29, 0.717) is 0 Å². The number of benzene rings is 1. The van der Waals surface area contributed by atoms with Crippen LogP contribution >= 0.6 is 11.8 Å². The van der Waals surface area contributed by atoms with Crippen molar-refractivity contribution in [3.63, 3.8) is 0 Å². The second-order valence-corrected chi connectivity index (χ2v) is 5.72. The Morgan fingerprint density at radius 1 is 1.41 bits per heavy atom. The van der Waals surface area contributed by atoms with E-state index < -0.39 is 0 Å². The van der Waals surface area contributed by atoms with Crippen molar-refractivity contribution in [2.75, 3.05) is 18.9 Å². The maximum atomic E-state index is 11.6. The Hall–Kier alpha value is -1.86.